The van der Waals surface area contributed by atoms with Gasteiger partial charge >= 0.3 is 12.1 Å². The lowest BCUT2D eigenvalue weighted by atomic mass is 10.0. The highest BCUT2D eigenvalue weighted by molar-refractivity contribution is 5.81. The molecule has 0 fully saturated rings. The minimum atomic E-state index is -5.08. The first-order chi connectivity index (χ1) is 11.0. The van der Waals surface area contributed by atoms with Crippen molar-refractivity contribution in [2.45, 2.75) is 39.0 Å². The SMILES string of the molecule is CNC(CC(C)C)C(=O)NCc1cnn(C)c1.O=C(O)C(F)(F)F. The van der Waals surface area contributed by atoms with E-state index in [1.165, 1.54) is 0 Å². The average Bonchev–Trinajstić information content (AvgIpc) is 2.87. The molecule has 24 heavy (non-hydrogen) atoms. The maximum atomic E-state index is 11.9. The molecular formula is C14H23F3N4O3. The van der Waals surface area contributed by atoms with Crippen LogP contribution in [-0.4, -0.2) is 46.0 Å². The summed E-state index contributed by atoms with van der Waals surface area (Å²) in [4.78, 5) is 20.8. The first kappa shape index (κ1) is 21.9. The van der Waals surface area contributed by atoms with Crippen LogP contribution in [0.2, 0.25) is 0 Å². The highest BCUT2D eigenvalue weighted by atomic mass is 19.4. The molecule has 7 nitrogen and oxygen atoms in total. The number of nitrogens with one attached hydrogen (secondary N) is 2. The summed E-state index contributed by atoms with van der Waals surface area (Å²) in [5.74, 6) is -2.21. The Morgan fingerprint density at radius 1 is 1.38 bits per heavy atom. The molecule has 1 atom stereocenters. The number of aliphatic carboxylic acids is 1. The molecule has 1 heterocycles. The van der Waals surface area contributed by atoms with Gasteiger partial charge in [-0.05, 0) is 19.4 Å². The summed E-state index contributed by atoms with van der Waals surface area (Å²) >= 11 is 0. The third kappa shape index (κ3) is 9.13. The Labute approximate surface area is 138 Å². The molecule has 0 aliphatic rings. The van der Waals surface area contributed by atoms with Crippen molar-refractivity contribution >= 4 is 11.9 Å². The Bertz CT molecular complexity index is 530. The highest BCUT2D eigenvalue weighted by Crippen LogP contribution is 2.13. The van der Waals surface area contributed by atoms with Gasteiger partial charge in [-0.1, -0.05) is 13.8 Å². The number of carbonyl (C=O) groups is 2. The molecule has 0 aromatic carbocycles. The number of alkyl halides is 3. The molecule has 10 heteroatoms. The fraction of sp³-hybridized carbons (Fsp3) is 0.643. The summed E-state index contributed by atoms with van der Waals surface area (Å²) in [5, 5.41) is 17.1. The fourth-order valence-corrected chi connectivity index (χ4v) is 1.70. The van der Waals surface area contributed by atoms with Crippen molar-refractivity contribution < 1.29 is 27.9 Å². The first-order valence-corrected chi connectivity index (χ1v) is 7.20. The van der Waals surface area contributed by atoms with E-state index >= 15 is 0 Å². The number of aromatic nitrogens is 2. The van der Waals surface area contributed by atoms with Gasteiger partial charge in [0.05, 0.1) is 12.2 Å². The van der Waals surface area contributed by atoms with E-state index in [4.69, 9.17) is 9.90 Å². The number of carboxylic acid groups (broad SMARTS) is 1. The Hall–Kier alpha value is -2.10. The lowest BCUT2D eigenvalue weighted by Gasteiger charge is -2.17. The van der Waals surface area contributed by atoms with Gasteiger partial charge in [0.15, 0.2) is 0 Å². The molecule has 1 unspecified atom stereocenters. The summed E-state index contributed by atoms with van der Waals surface area (Å²) in [6.07, 6.45) is -0.580. The van der Waals surface area contributed by atoms with Crippen molar-refractivity contribution in [2.75, 3.05) is 7.05 Å². The van der Waals surface area contributed by atoms with Crippen LogP contribution >= 0.6 is 0 Å². The van der Waals surface area contributed by atoms with Crippen LogP contribution in [0.5, 0.6) is 0 Å². The maximum absolute atomic E-state index is 11.9. The average molecular weight is 352 g/mol. The lowest BCUT2D eigenvalue weighted by Crippen LogP contribution is -2.43. The molecule has 138 valence electrons. The summed E-state index contributed by atoms with van der Waals surface area (Å²) in [7, 11) is 3.68. The number of nitrogens with zero attached hydrogens (tertiary/aromatic N) is 2. The summed E-state index contributed by atoms with van der Waals surface area (Å²) in [5.41, 5.74) is 1.01. The van der Waals surface area contributed by atoms with Crippen molar-refractivity contribution in [1.82, 2.24) is 20.4 Å². The van der Waals surface area contributed by atoms with Crippen molar-refractivity contribution in [3.63, 3.8) is 0 Å². The van der Waals surface area contributed by atoms with Crippen molar-refractivity contribution in [3.8, 4) is 0 Å². The van der Waals surface area contributed by atoms with E-state index in [1.54, 1.807) is 10.9 Å². The molecule has 1 aromatic heterocycles. The zero-order valence-electron chi connectivity index (χ0n) is 14.0. The molecule has 0 radical (unpaired) electrons. The van der Waals surface area contributed by atoms with Gasteiger partial charge in [-0.15, -0.1) is 0 Å². The topological polar surface area (TPSA) is 96.3 Å². The number of aryl methyl sites for hydroxylation is 1. The van der Waals surface area contributed by atoms with Crippen LogP contribution < -0.4 is 10.6 Å². The van der Waals surface area contributed by atoms with E-state index in [0.717, 1.165) is 12.0 Å². The third-order valence-electron chi connectivity index (χ3n) is 2.84. The molecule has 0 saturated heterocycles. The minimum Gasteiger partial charge on any atom is -0.475 e. The number of rotatable bonds is 6. The summed E-state index contributed by atoms with van der Waals surface area (Å²) in [6, 6.07) is -0.119. The number of likely N-dealkylation sites (N-methyl/N-ethyl adjacent to an activating group) is 1. The predicted octanol–water partition coefficient (Wildman–Crippen LogP) is 1.30. The Morgan fingerprint density at radius 2 is 1.92 bits per heavy atom. The van der Waals surface area contributed by atoms with Gasteiger partial charge in [-0.25, -0.2) is 4.79 Å². The van der Waals surface area contributed by atoms with E-state index in [0.29, 0.717) is 12.5 Å². The van der Waals surface area contributed by atoms with Gasteiger partial charge in [0.25, 0.3) is 0 Å². The maximum Gasteiger partial charge on any atom is 0.490 e. The number of hydrogen-bond donors (Lipinski definition) is 3. The minimum absolute atomic E-state index is 0.0463. The van der Waals surface area contributed by atoms with Gasteiger partial charge in [0.1, 0.15) is 0 Å². The van der Waals surface area contributed by atoms with Crippen LogP contribution in [-0.2, 0) is 23.2 Å². The van der Waals surface area contributed by atoms with Gasteiger partial charge in [0, 0.05) is 25.4 Å². The second-order valence-electron chi connectivity index (χ2n) is 5.51. The molecule has 1 aromatic rings. The van der Waals surface area contributed by atoms with E-state index in [1.807, 2.05) is 20.3 Å². The number of carbonyl (C=O) groups excluding carboxylic acids is 1. The Balaban J connectivity index is 0.000000640. The van der Waals surface area contributed by atoms with Crippen LogP contribution in [0.25, 0.3) is 0 Å². The van der Waals surface area contributed by atoms with E-state index in [2.05, 4.69) is 29.6 Å². The van der Waals surface area contributed by atoms with Crippen LogP contribution in [0.4, 0.5) is 13.2 Å². The van der Waals surface area contributed by atoms with E-state index in [9.17, 15) is 18.0 Å². The zero-order valence-corrected chi connectivity index (χ0v) is 14.0. The van der Waals surface area contributed by atoms with Crippen LogP contribution in [0, 0.1) is 5.92 Å². The number of hydrogen-bond acceptors (Lipinski definition) is 4. The molecule has 3 N–H and O–H groups in total. The molecule has 0 spiro atoms. The Kier molecular flexibility index (Phi) is 9.04. The van der Waals surface area contributed by atoms with E-state index < -0.39 is 12.1 Å². The summed E-state index contributed by atoms with van der Waals surface area (Å²) in [6.45, 7) is 4.75. The first-order valence-electron chi connectivity index (χ1n) is 7.20. The van der Waals surface area contributed by atoms with Crippen molar-refractivity contribution in [3.05, 3.63) is 18.0 Å². The van der Waals surface area contributed by atoms with E-state index in [-0.39, 0.29) is 11.9 Å². The molecule has 1 amide bonds. The number of halogens is 3. The molecule has 0 bridgehead atoms. The monoisotopic (exact) mass is 352 g/mol. The highest BCUT2D eigenvalue weighted by Gasteiger charge is 2.38. The second kappa shape index (κ2) is 9.91. The van der Waals surface area contributed by atoms with Gasteiger partial charge in [0.2, 0.25) is 5.91 Å². The number of amides is 1. The Morgan fingerprint density at radius 3 is 2.25 bits per heavy atom. The lowest BCUT2D eigenvalue weighted by molar-refractivity contribution is -0.192. The van der Waals surface area contributed by atoms with Gasteiger partial charge in [-0.2, -0.15) is 18.3 Å². The van der Waals surface area contributed by atoms with Crippen LogP contribution in [0.3, 0.4) is 0 Å². The normalized spacial score (nSPS) is 12.3. The molecular weight excluding hydrogens is 329 g/mol. The second-order valence-corrected chi connectivity index (χ2v) is 5.51. The largest absolute Gasteiger partial charge is 0.490 e. The third-order valence-corrected chi connectivity index (χ3v) is 2.84. The van der Waals surface area contributed by atoms with Crippen LogP contribution in [0.15, 0.2) is 12.4 Å². The molecule has 1 rings (SSSR count). The standard InChI is InChI=1S/C12H22N4O.C2HF3O2/c1-9(2)5-11(13-3)12(17)14-6-10-7-15-16(4)8-10;3-2(4,5)1(6)7/h7-9,11,13H,5-6H2,1-4H3,(H,14,17);(H,6,7). The molecule has 0 aliphatic heterocycles. The predicted molar refractivity (Wildman–Crippen MR) is 81.0 cm³/mol. The zero-order chi connectivity index (χ0) is 18.9. The fourth-order valence-electron chi connectivity index (χ4n) is 1.70. The quantitative estimate of drug-likeness (QED) is 0.717. The van der Waals surface area contributed by atoms with Crippen molar-refractivity contribution in [1.29, 1.82) is 0 Å². The van der Waals surface area contributed by atoms with Gasteiger partial charge < -0.3 is 15.7 Å². The number of carboxylic acids is 1. The smallest absolute Gasteiger partial charge is 0.475 e. The van der Waals surface area contributed by atoms with Crippen molar-refractivity contribution in [2.24, 2.45) is 13.0 Å². The molecule has 0 saturated carbocycles. The van der Waals surface area contributed by atoms with Gasteiger partial charge in [-0.3, -0.25) is 9.48 Å². The molecule has 0 aliphatic carbocycles. The summed E-state index contributed by atoms with van der Waals surface area (Å²) < 4.78 is 33.5. The van der Waals surface area contributed by atoms with Crippen LogP contribution in [0.1, 0.15) is 25.8 Å².